The molecule has 0 radical (unpaired) electrons. The minimum absolute atomic E-state index is 0.600. The smallest absolute Gasteiger partial charge is 0.181 e. The number of benzene rings is 2. The highest BCUT2D eigenvalue weighted by molar-refractivity contribution is 5.94. The Morgan fingerprint density at radius 1 is 1.11 bits per heavy atom. The van der Waals surface area contributed by atoms with Gasteiger partial charge >= 0.3 is 0 Å². The number of aldehydes is 1. The molecule has 7 nitrogen and oxygen atoms in total. The summed E-state index contributed by atoms with van der Waals surface area (Å²) >= 11 is 0. The van der Waals surface area contributed by atoms with E-state index in [2.05, 4.69) is 42.4 Å². The van der Waals surface area contributed by atoms with Gasteiger partial charge < -0.3 is 9.69 Å². The summed E-state index contributed by atoms with van der Waals surface area (Å²) in [5.41, 5.74) is 5.62. The number of pyridine rings is 1. The third kappa shape index (κ3) is 4.75. The van der Waals surface area contributed by atoms with Gasteiger partial charge in [0.2, 0.25) is 0 Å². The largest absolute Gasteiger partial charge is 0.308 e. The third-order valence-electron chi connectivity index (χ3n) is 6.88. The van der Waals surface area contributed by atoms with E-state index in [1.54, 1.807) is 0 Å². The van der Waals surface area contributed by atoms with Crippen molar-refractivity contribution in [1.29, 1.82) is 0 Å². The van der Waals surface area contributed by atoms with Crippen LogP contribution in [0.15, 0.2) is 66.9 Å². The fraction of sp³-hybridized carbons (Fsp3) is 0.321. The van der Waals surface area contributed by atoms with Gasteiger partial charge in [-0.15, -0.1) is 0 Å². The molecule has 2 aromatic heterocycles. The molecule has 0 fully saturated rings. The van der Waals surface area contributed by atoms with Gasteiger partial charge in [0.1, 0.15) is 11.8 Å². The highest BCUT2D eigenvalue weighted by Gasteiger charge is 2.35. The van der Waals surface area contributed by atoms with Crippen molar-refractivity contribution >= 4 is 17.3 Å². The molecule has 5 rings (SSSR count). The number of H-pyrrole nitrogens is 1. The Kier molecular flexibility index (Phi) is 6.72. The number of aromatic amines is 1. The van der Waals surface area contributed by atoms with E-state index in [0.29, 0.717) is 6.54 Å². The minimum Gasteiger partial charge on any atom is -0.308 e. The van der Waals surface area contributed by atoms with Crippen LogP contribution in [0.25, 0.3) is 22.3 Å². The predicted molar refractivity (Wildman–Crippen MR) is 139 cm³/mol. The van der Waals surface area contributed by atoms with Crippen molar-refractivity contribution in [2.24, 2.45) is 0 Å². The molecule has 1 aliphatic rings. The van der Waals surface area contributed by atoms with Gasteiger partial charge in [-0.1, -0.05) is 60.7 Å². The monoisotopic (exact) mass is 468 g/mol. The molecule has 35 heavy (non-hydrogen) atoms. The lowest BCUT2D eigenvalue weighted by Crippen LogP contribution is -2.54. The summed E-state index contributed by atoms with van der Waals surface area (Å²) in [7, 11) is 4.09. The first kappa shape index (κ1) is 23.4. The van der Waals surface area contributed by atoms with Crippen molar-refractivity contribution < 1.29 is 4.79 Å². The molecule has 2 aromatic carbocycles. The van der Waals surface area contributed by atoms with E-state index in [1.807, 2.05) is 68.8 Å². The van der Waals surface area contributed by atoms with Crippen LogP contribution in [0.5, 0.6) is 0 Å². The molecule has 180 valence electrons. The Bertz CT molecular complexity index is 1290. The maximum atomic E-state index is 12.6. The highest BCUT2D eigenvalue weighted by Crippen LogP contribution is 2.33. The number of rotatable bonds is 9. The van der Waals surface area contributed by atoms with Crippen molar-refractivity contribution in [3.8, 4) is 11.3 Å². The summed E-state index contributed by atoms with van der Waals surface area (Å²) in [6, 6.07) is 20.4. The molecule has 0 bridgehead atoms. The lowest BCUT2D eigenvalue weighted by Gasteiger charge is -2.38. The molecule has 0 amide bonds. The average Bonchev–Trinajstić information content (AvgIpc) is 3.33. The molecule has 0 spiro atoms. The van der Waals surface area contributed by atoms with Crippen LogP contribution in [0.4, 0.5) is 0 Å². The van der Waals surface area contributed by atoms with Gasteiger partial charge in [0.25, 0.3) is 0 Å². The second-order valence-electron chi connectivity index (χ2n) is 9.57. The highest BCUT2D eigenvalue weighted by atomic mass is 16.1. The van der Waals surface area contributed by atoms with Crippen LogP contribution < -0.4 is 5.32 Å². The van der Waals surface area contributed by atoms with E-state index in [4.69, 9.17) is 0 Å². The van der Waals surface area contributed by atoms with E-state index in [0.717, 1.165) is 66.7 Å². The number of nitrogens with zero attached hydrogens (tertiary/aromatic N) is 4. The molecule has 1 unspecified atom stereocenters. The SMILES string of the molecule is CN(C)CCNC(C=O)(CN1CCc2c(cnc3n[nH]c(-c4ccccc4)c23)C1)c1ccccc1. The van der Waals surface area contributed by atoms with E-state index < -0.39 is 5.54 Å². The topological polar surface area (TPSA) is 77.2 Å². The first-order chi connectivity index (χ1) is 17.1. The molecule has 3 heterocycles. The second kappa shape index (κ2) is 10.1. The standard InChI is InChI=1S/C28H32N6O/c1-33(2)16-14-30-28(20-35,23-11-7-4-8-12-23)19-34-15-13-24-22(18-34)17-29-27-25(24)26(31-32-27)21-9-5-3-6-10-21/h3-12,17,20,30H,13-16,18-19H2,1-2H3,(H,29,31,32). The molecule has 0 aliphatic carbocycles. The number of hydrogen-bond acceptors (Lipinski definition) is 6. The van der Waals surface area contributed by atoms with Crippen LogP contribution in [0.2, 0.25) is 0 Å². The Balaban J connectivity index is 1.44. The maximum absolute atomic E-state index is 12.6. The van der Waals surface area contributed by atoms with Crippen LogP contribution in [-0.4, -0.2) is 71.5 Å². The number of fused-ring (bicyclic) bond motifs is 3. The number of likely N-dealkylation sites (N-methyl/N-ethyl adjacent to an activating group) is 1. The Morgan fingerprint density at radius 2 is 1.86 bits per heavy atom. The zero-order chi connectivity index (χ0) is 24.3. The number of nitrogens with one attached hydrogen (secondary N) is 2. The predicted octanol–water partition coefficient (Wildman–Crippen LogP) is 3.23. The zero-order valence-electron chi connectivity index (χ0n) is 20.4. The summed E-state index contributed by atoms with van der Waals surface area (Å²) in [5.74, 6) is 0. The molecule has 0 saturated heterocycles. The van der Waals surface area contributed by atoms with Gasteiger partial charge in [-0.2, -0.15) is 5.10 Å². The normalized spacial score (nSPS) is 15.7. The summed E-state index contributed by atoms with van der Waals surface area (Å²) in [6.07, 6.45) is 3.91. The number of carbonyl (C=O) groups excluding carboxylic acids is 1. The van der Waals surface area contributed by atoms with E-state index >= 15 is 0 Å². The molecule has 0 saturated carbocycles. The van der Waals surface area contributed by atoms with Gasteiger partial charge in [-0.3, -0.25) is 15.3 Å². The van der Waals surface area contributed by atoms with E-state index in [1.165, 1.54) is 11.1 Å². The molecule has 1 aliphatic heterocycles. The van der Waals surface area contributed by atoms with Crippen molar-refractivity contribution in [2.45, 2.75) is 18.5 Å². The zero-order valence-corrected chi connectivity index (χ0v) is 20.4. The van der Waals surface area contributed by atoms with Crippen LogP contribution in [-0.2, 0) is 23.3 Å². The summed E-state index contributed by atoms with van der Waals surface area (Å²) in [5, 5.41) is 12.4. The first-order valence-electron chi connectivity index (χ1n) is 12.1. The summed E-state index contributed by atoms with van der Waals surface area (Å²) in [6.45, 7) is 3.79. The lowest BCUT2D eigenvalue weighted by molar-refractivity contribution is -0.114. The van der Waals surface area contributed by atoms with Gasteiger partial charge in [-0.25, -0.2) is 4.98 Å². The van der Waals surface area contributed by atoms with Crippen molar-refractivity contribution in [3.05, 3.63) is 83.6 Å². The van der Waals surface area contributed by atoms with Gasteiger partial charge in [0.15, 0.2) is 5.65 Å². The fourth-order valence-corrected chi connectivity index (χ4v) is 5.04. The van der Waals surface area contributed by atoms with Gasteiger partial charge in [0, 0.05) is 44.5 Å². The van der Waals surface area contributed by atoms with Crippen LogP contribution in [0.1, 0.15) is 16.7 Å². The Hall–Kier alpha value is -3.39. The average molecular weight is 469 g/mol. The van der Waals surface area contributed by atoms with E-state index in [9.17, 15) is 4.79 Å². The second-order valence-corrected chi connectivity index (χ2v) is 9.57. The Morgan fingerprint density at radius 3 is 2.57 bits per heavy atom. The quantitative estimate of drug-likeness (QED) is 0.367. The minimum atomic E-state index is -0.767. The van der Waals surface area contributed by atoms with Gasteiger partial charge in [0.05, 0.1) is 11.1 Å². The fourth-order valence-electron chi connectivity index (χ4n) is 5.04. The molecule has 4 aromatic rings. The molecular weight excluding hydrogens is 436 g/mol. The molecular formula is C28H32N6O. The van der Waals surface area contributed by atoms with Crippen molar-refractivity contribution in [1.82, 2.24) is 30.3 Å². The van der Waals surface area contributed by atoms with Crippen molar-refractivity contribution in [2.75, 3.05) is 40.3 Å². The summed E-state index contributed by atoms with van der Waals surface area (Å²) < 4.78 is 0. The third-order valence-corrected chi connectivity index (χ3v) is 6.88. The molecule has 7 heteroatoms. The van der Waals surface area contributed by atoms with Crippen molar-refractivity contribution in [3.63, 3.8) is 0 Å². The van der Waals surface area contributed by atoms with Gasteiger partial charge in [-0.05, 0) is 37.2 Å². The number of aromatic nitrogens is 3. The van der Waals surface area contributed by atoms with Crippen LogP contribution in [0.3, 0.4) is 0 Å². The first-order valence-corrected chi connectivity index (χ1v) is 12.1. The maximum Gasteiger partial charge on any atom is 0.181 e. The number of carbonyl (C=O) groups is 1. The lowest BCUT2D eigenvalue weighted by atomic mass is 9.88. The Labute approximate surface area is 206 Å². The van der Waals surface area contributed by atoms with Crippen LogP contribution in [0, 0.1) is 0 Å². The van der Waals surface area contributed by atoms with E-state index in [-0.39, 0.29) is 0 Å². The van der Waals surface area contributed by atoms with Crippen LogP contribution >= 0.6 is 0 Å². The summed E-state index contributed by atoms with van der Waals surface area (Å²) in [4.78, 5) is 21.8. The number of hydrogen-bond donors (Lipinski definition) is 2. The molecule has 2 N–H and O–H groups in total. The molecule has 1 atom stereocenters.